The molecular weight excluding hydrogens is 238 g/mol. The van der Waals surface area contributed by atoms with Crippen LogP contribution in [0.15, 0.2) is 0 Å². The van der Waals surface area contributed by atoms with Gasteiger partial charge in [0.2, 0.25) is 5.91 Å². The summed E-state index contributed by atoms with van der Waals surface area (Å²) in [5, 5.41) is 9.07. The standard InChI is InChI=1S/C12H19NO5/c1-7-4-9(12(16)17)13(6-7)11(15)8(2)5-10(14)18-3/h7-9H,4-6H2,1-3H3,(H,16,17)/t7?,8?,9-/m0/s1. The Morgan fingerprint density at radius 2 is 2.06 bits per heavy atom. The molecule has 0 saturated carbocycles. The van der Waals surface area contributed by atoms with Crippen molar-refractivity contribution >= 4 is 17.8 Å². The third-order valence-corrected chi connectivity index (χ3v) is 3.20. The Labute approximate surface area is 106 Å². The van der Waals surface area contributed by atoms with Gasteiger partial charge < -0.3 is 14.7 Å². The first-order valence-corrected chi connectivity index (χ1v) is 5.96. The minimum atomic E-state index is -0.988. The molecule has 3 atom stereocenters. The molecule has 0 radical (unpaired) electrons. The molecule has 1 amide bonds. The van der Waals surface area contributed by atoms with E-state index in [1.54, 1.807) is 6.92 Å². The summed E-state index contributed by atoms with van der Waals surface area (Å²) in [7, 11) is 1.26. The SMILES string of the molecule is COC(=O)CC(C)C(=O)N1CC(C)C[C@H]1C(=O)O. The van der Waals surface area contributed by atoms with Crippen molar-refractivity contribution in [3.8, 4) is 0 Å². The highest BCUT2D eigenvalue weighted by Gasteiger charge is 2.39. The highest BCUT2D eigenvalue weighted by Crippen LogP contribution is 2.25. The van der Waals surface area contributed by atoms with Gasteiger partial charge in [-0.1, -0.05) is 13.8 Å². The normalized spacial score (nSPS) is 24.7. The molecule has 0 spiro atoms. The van der Waals surface area contributed by atoms with Crippen molar-refractivity contribution in [2.24, 2.45) is 11.8 Å². The van der Waals surface area contributed by atoms with E-state index in [0.29, 0.717) is 13.0 Å². The van der Waals surface area contributed by atoms with Gasteiger partial charge in [-0.15, -0.1) is 0 Å². The van der Waals surface area contributed by atoms with Crippen LogP contribution in [0.5, 0.6) is 0 Å². The summed E-state index contributed by atoms with van der Waals surface area (Å²) in [6.07, 6.45) is 0.443. The molecular formula is C12H19NO5. The van der Waals surface area contributed by atoms with E-state index in [1.807, 2.05) is 6.92 Å². The number of aliphatic carboxylic acids is 1. The molecule has 0 aromatic carbocycles. The van der Waals surface area contributed by atoms with E-state index in [-0.39, 0.29) is 18.2 Å². The van der Waals surface area contributed by atoms with Crippen LogP contribution in [-0.2, 0) is 19.1 Å². The predicted octanol–water partition coefficient (Wildman–Crippen LogP) is 0.507. The molecule has 0 bridgehead atoms. The maximum absolute atomic E-state index is 12.1. The molecule has 1 rings (SSSR count). The highest BCUT2D eigenvalue weighted by atomic mass is 16.5. The number of carboxylic acid groups (broad SMARTS) is 1. The van der Waals surface area contributed by atoms with Crippen molar-refractivity contribution in [2.45, 2.75) is 32.7 Å². The lowest BCUT2D eigenvalue weighted by Gasteiger charge is -2.24. The molecule has 1 aliphatic rings. The van der Waals surface area contributed by atoms with Crippen LogP contribution in [0.25, 0.3) is 0 Å². The monoisotopic (exact) mass is 257 g/mol. The fraction of sp³-hybridized carbons (Fsp3) is 0.750. The van der Waals surface area contributed by atoms with E-state index < -0.39 is 23.9 Å². The number of ether oxygens (including phenoxy) is 1. The highest BCUT2D eigenvalue weighted by molar-refractivity contribution is 5.87. The van der Waals surface area contributed by atoms with E-state index >= 15 is 0 Å². The molecule has 2 unspecified atom stereocenters. The van der Waals surface area contributed by atoms with Gasteiger partial charge in [0.15, 0.2) is 0 Å². The van der Waals surface area contributed by atoms with Crippen molar-refractivity contribution in [2.75, 3.05) is 13.7 Å². The van der Waals surface area contributed by atoms with Crippen molar-refractivity contribution < 1.29 is 24.2 Å². The lowest BCUT2D eigenvalue weighted by Crippen LogP contribution is -2.43. The van der Waals surface area contributed by atoms with E-state index in [9.17, 15) is 14.4 Å². The Hall–Kier alpha value is -1.59. The molecule has 1 saturated heterocycles. The summed E-state index contributed by atoms with van der Waals surface area (Å²) in [4.78, 5) is 35.7. The topological polar surface area (TPSA) is 83.9 Å². The number of amides is 1. The molecule has 1 aliphatic heterocycles. The Kier molecular flexibility index (Phi) is 4.69. The van der Waals surface area contributed by atoms with Gasteiger partial charge in [-0.3, -0.25) is 9.59 Å². The number of carboxylic acids is 1. The molecule has 0 aliphatic carbocycles. The molecule has 1 fully saturated rings. The zero-order valence-electron chi connectivity index (χ0n) is 10.9. The number of hydrogen-bond acceptors (Lipinski definition) is 4. The zero-order chi connectivity index (χ0) is 13.9. The lowest BCUT2D eigenvalue weighted by atomic mass is 10.1. The van der Waals surface area contributed by atoms with Gasteiger partial charge in [-0.05, 0) is 12.3 Å². The minimum absolute atomic E-state index is 0.0213. The summed E-state index contributed by atoms with van der Waals surface area (Å²) in [5.74, 6) is -2.13. The number of nitrogens with zero attached hydrogens (tertiary/aromatic N) is 1. The Morgan fingerprint density at radius 3 is 2.56 bits per heavy atom. The van der Waals surface area contributed by atoms with Gasteiger partial charge >= 0.3 is 11.9 Å². The molecule has 1 heterocycles. The number of hydrogen-bond donors (Lipinski definition) is 1. The van der Waals surface area contributed by atoms with Crippen LogP contribution in [0.3, 0.4) is 0 Å². The Morgan fingerprint density at radius 1 is 1.44 bits per heavy atom. The first-order chi connectivity index (χ1) is 8.36. The van der Waals surface area contributed by atoms with Gasteiger partial charge in [-0.25, -0.2) is 4.79 Å². The number of rotatable bonds is 4. The molecule has 6 heteroatoms. The van der Waals surface area contributed by atoms with Crippen molar-refractivity contribution in [3.63, 3.8) is 0 Å². The smallest absolute Gasteiger partial charge is 0.326 e. The van der Waals surface area contributed by atoms with Gasteiger partial charge in [0.1, 0.15) is 6.04 Å². The van der Waals surface area contributed by atoms with Gasteiger partial charge in [-0.2, -0.15) is 0 Å². The lowest BCUT2D eigenvalue weighted by molar-refractivity contribution is -0.151. The molecule has 1 N–H and O–H groups in total. The maximum atomic E-state index is 12.1. The quantitative estimate of drug-likeness (QED) is 0.742. The fourth-order valence-corrected chi connectivity index (χ4v) is 2.23. The van der Waals surface area contributed by atoms with E-state index in [1.165, 1.54) is 12.0 Å². The first kappa shape index (κ1) is 14.5. The van der Waals surface area contributed by atoms with Crippen LogP contribution in [0.4, 0.5) is 0 Å². The average molecular weight is 257 g/mol. The van der Waals surface area contributed by atoms with Crippen LogP contribution >= 0.6 is 0 Å². The van der Waals surface area contributed by atoms with Crippen molar-refractivity contribution in [1.29, 1.82) is 0 Å². The molecule has 6 nitrogen and oxygen atoms in total. The van der Waals surface area contributed by atoms with E-state index in [0.717, 1.165) is 0 Å². The molecule has 0 aromatic rings. The van der Waals surface area contributed by atoms with Crippen LogP contribution in [-0.4, -0.2) is 47.5 Å². The molecule has 18 heavy (non-hydrogen) atoms. The summed E-state index contributed by atoms with van der Waals surface area (Å²) in [6.45, 7) is 3.96. The van der Waals surface area contributed by atoms with Gasteiger partial charge in [0.25, 0.3) is 0 Å². The number of methoxy groups -OCH3 is 1. The summed E-state index contributed by atoms with van der Waals surface area (Å²) in [6, 6.07) is -0.771. The van der Waals surface area contributed by atoms with E-state index in [2.05, 4.69) is 4.74 Å². The molecule has 0 aromatic heterocycles. The fourth-order valence-electron chi connectivity index (χ4n) is 2.23. The van der Waals surface area contributed by atoms with Crippen molar-refractivity contribution in [1.82, 2.24) is 4.90 Å². The predicted molar refractivity (Wildman–Crippen MR) is 62.7 cm³/mol. The average Bonchev–Trinajstić information content (AvgIpc) is 2.70. The second-order valence-corrected chi connectivity index (χ2v) is 4.87. The van der Waals surface area contributed by atoms with Crippen molar-refractivity contribution in [3.05, 3.63) is 0 Å². The molecule has 102 valence electrons. The van der Waals surface area contributed by atoms with Crippen LogP contribution in [0.2, 0.25) is 0 Å². The summed E-state index contributed by atoms with van der Waals surface area (Å²) in [5.41, 5.74) is 0. The first-order valence-electron chi connectivity index (χ1n) is 5.96. The van der Waals surface area contributed by atoms with Gasteiger partial charge in [0, 0.05) is 12.5 Å². The minimum Gasteiger partial charge on any atom is -0.480 e. The third kappa shape index (κ3) is 3.21. The number of carbonyl (C=O) groups is 3. The maximum Gasteiger partial charge on any atom is 0.326 e. The third-order valence-electron chi connectivity index (χ3n) is 3.20. The Bertz CT molecular complexity index is 354. The van der Waals surface area contributed by atoms with Crippen LogP contribution in [0, 0.1) is 11.8 Å². The number of carbonyl (C=O) groups excluding carboxylic acids is 2. The second-order valence-electron chi connectivity index (χ2n) is 4.87. The number of esters is 1. The second kappa shape index (κ2) is 5.84. The van der Waals surface area contributed by atoms with Crippen LogP contribution in [0.1, 0.15) is 26.7 Å². The van der Waals surface area contributed by atoms with Gasteiger partial charge in [0.05, 0.1) is 13.5 Å². The van der Waals surface area contributed by atoms with Crippen LogP contribution < -0.4 is 0 Å². The summed E-state index contributed by atoms with van der Waals surface area (Å²) < 4.78 is 4.50. The number of likely N-dealkylation sites (tertiary alicyclic amines) is 1. The largest absolute Gasteiger partial charge is 0.480 e. The summed E-state index contributed by atoms with van der Waals surface area (Å²) >= 11 is 0. The Balaban J connectivity index is 2.70. The van der Waals surface area contributed by atoms with E-state index in [4.69, 9.17) is 5.11 Å². The zero-order valence-corrected chi connectivity index (χ0v) is 10.9.